The van der Waals surface area contributed by atoms with Gasteiger partial charge in [0.15, 0.2) is 0 Å². The SMILES string of the molecule is CC(C)CNC(=O)c1ccc2c(=O)n(Cc3ccccc3)c3nn(Cc4cccc(F)c4)c(=O)n3c2c1. The maximum Gasteiger partial charge on any atom is 0.352 e. The van der Waals surface area contributed by atoms with E-state index in [2.05, 4.69) is 10.4 Å². The van der Waals surface area contributed by atoms with Gasteiger partial charge in [-0.1, -0.05) is 56.3 Å². The fraction of sp³-hybridized carbons (Fsp3) is 0.214. The van der Waals surface area contributed by atoms with Crippen molar-refractivity contribution in [3.63, 3.8) is 0 Å². The van der Waals surface area contributed by atoms with Gasteiger partial charge in [0.25, 0.3) is 11.5 Å². The van der Waals surface area contributed by atoms with Gasteiger partial charge >= 0.3 is 5.69 Å². The zero-order valence-corrected chi connectivity index (χ0v) is 20.5. The number of halogens is 1. The lowest BCUT2D eigenvalue weighted by molar-refractivity contribution is 0.0949. The number of nitrogens with zero attached hydrogens (tertiary/aromatic N) is 4. The highest BCUT2D eigenvalue weighted by Crippen LogP contribution is 2.16. The maximum atomic E-state index is 13.8. The molecule has 1 amide bonds. The summed E-state index contributed by atoms with van der Waals surface area (Å²) >= 11 is 0. The Balaban J connectivity index is 1.72. The molecule has 0 aliphatic carbocycles. The highest BCUT2D eigenvalue weighted by atomic mass is 19.1. The normalized spacial score (nSPS) is 11.5. The van der Waals surface area contributed by atoms with Crippen molar-refractivity contribution in [2.45, 2.75) is 26.9 Å². The van der Waals surface area contributed by atoms with Crippen LogP contribution in [0.3, 0.4) is 0 Å². The lowest BCUT2D eigenvalue weighted by atomic mass is 10.1. The molecule has 1 N–H and O–H groups in total. The molecule has 5 aromatic rings. The molecule has 0 aliphatic heterocycles. The van der Waals surface area contributed by atoms with E-state index in [1.807, 2.05) is 44.2 Å². The Morgan fingerprint density at radius 3 is 2.43 bits per heavy atom. The van der Waals surface area contributed by atoms with E-state index in [-0.39, 0.29) is 47.2 Å². The minimum atomic E-state index is -0.495. The molecular weight excluding hydrogens is 473 g/mol. The van der Waals surface area contributed by atoms with Gasteiger partial charge in [-0.3, -0.25) is 14.2 Å². The lowest BCUT2D eigenvalue weighted by Gasteiger charge is -2.11. The zero-order valence-electron chi connectivity index (χ0n) is 20.5. The molecule has 0 spiro atoms. The van der Waals surface area contributed by atoms with Crippen LogP contribution >= 0.6 is 0 Å². The van der Waals surface area contributed by atoms with Crippen LogP contribution in [-0.4, -0.2) is 31.2 Å². The Labute approximate surface area is 211 Å². The van der Waals surface area contributed by atoms with E-state index in [0.717, 1.165) is 5.56 Å². The summed E-state index contributed by atoms with van der Waals surface area (Å²) < 4.78 is 17.8. The Hall–Kier alpha value is -4.53. The molecule has 0 unspecified atom stereocenters. The van der Waals surface area contributed by atoms with E-state index in [1.54, 1.807) is 30.3 Å². The molecule has 2 heterocycles. The quantitative estimate of drug-likeness (QED) is 0.372. The van der Waals surface area contributed by atoms with E-state index >= 15 is 0 Å². The maximum absolute atomic E-state index is 13.8. The second-order valence-corrected chi connectivity index (χ2v) is 9.42. The summed E-state index contributed by atoms with van der Waals surface area (Å²) in [5.41, 5.74) is 1.22. The van der Waals surface area contributed by atoms with Gasteiger partial charge in [-0.15, -0.1) is 5.10 Å². The summed E-state index contributed by atoms with van der Waals surface area (Å²) in [6, 6.07) is 20.0. The Kier molecular flexibility index (Phi) is 6.43. The van der Waals surface area contributed by atoms with Gasteiger partial charge in [0.05, 0.1) is 24.0 Å². The first-order valence-corrected chi connectivity index (χ1v) is 12.0. The molecule has 8 nitrogen and oxygen atoms in total. The zero-order chi connectivity index (χ0) is 26.1. The standard InChI is InChI=1S/C28H26FN5O3/c1-18(2)15-30-25(35)21-11-12-23-24(14-21)34-27(32(26(23)36)16-19-7-4-3-5-8-19)31-33(28(34)37)17-20-9-6-10-22(29)13-20/h3-14,18H,15-17H2,1-2H3,(H,30,35). The summed E-state index contributed by atoms with van der Waals surface area (Å²) in [5.74, 6) is -0.303. The number of carbonyl (C=O) groups excluding carboxylic acids is 1. The number of nitrogens with one attached hydrogen (secondary N) is 1. The number of hydrogen-bond acceptors (Lipinski definition) is 4. The molecule has 0 bridgehead atoms. The molecule has 9 heteroatoms. The molecule has 2 aromatic heterocycles. The molecule has 3 aromatic carbocycles. The highest BCUT2D eigenvalue weighted by Gasteiger charge is 2.19. The van der Waals surface area contributed by atoms with Crippen molar-refractivity contribution >= 4 is 22.6 Å². The van der Waals surface area contributed by atoms with Crippen LogP contribution in [0.25, 0.3) is 16.7 Å². The van der Waals surface area contributed by atoms with Crippen LogP contribution in [0.1, 0.15) is 35.3 Å². The van der Waals surface area contributed by atoms with Crippen LogP contribution in [0, 0.1) is 11.7 Å². The predicted molar refractivity (Wildman–Crippen MR) is 139 cm³/mol. The number of carbonyl (C=O) groups is 1. The Morgan fingerprint density at radius 2 is 1.70 bits per heavy atom. The highest BCUT2D eigenvalue weighted by molar-refractivity contribution is 5.98. The lowest BCUT2D eigenvalue weighted by Crippen LogP contribution is -2.29. The van der Waals surface area contributed by atoms with Gasteiger partial charge < -0.3 is 5.32 Å². The molecule has 0 radical (unpaired) electrons. The average Bonchev–Trinajstić information content (AvgIpc) is 3.21. The van der Waals surface area contributed by atoms with Crippen LogP contribution in [-0.2, 0) is 13.1 Å². The fourth-order valence-electron chi connectivity index (χ4n) is 4.28. The van der Waals surface area contributed by atoms with Crippen molar-refractivity contribution in [2.24, 2.45) is 5.92 Å². The minimum absolute atomic E-state index is 0.0217. The first-order valence-electron chi connectivity index (χ1n) is 12.0. The molecule has 5 rings (SSSR count). The molecule has 0 saturated heterocycles. The van der Waals surface area contributed by atoms with Crippen LogP contribution < -0.4 is 16.6 Å². The molecule has 0 fully saturated rings. The molecule has 0 aliphatic rings. The van der Waals surface area contributed by atoms with Crippen molar-refractivity contribution in [2.75, 3.05) is 6.54 Å². The Morgan fingerprint density at radius 1 is 0.946 bits per heavy atom. The molecule has 37 heavy (non-hydrogen) atoms. The van der Waals surface area contributed by atoms with Crippen molar-refractivity contribution in [1.82, 2.24) is 24.1 Å². The minimum Gasteiger partial charge on any atom is -0.352 e. The van der Waals surface area contributed by atoms with Gasteiger partial charge in [-0.25, -0.2) is 18.3 Å². The van der Waals surface area contributed by atoms with Gasteiger partial charge in [0, 0.05) is 12.1 Å². The second-order valence-electron chi connectivity index (χ2n) is 9.42. The predicted octanol–water partition coefficient (Wildman–Crippen LogP) is 3.43. The van der Waals surface area contributed by atoms with Crippen LogP contribution in [0.5, 0.6) is 0 Å². The second kappa shape index (κ2) is 9.85. The van der Waals surface area contributed by atoms with Gasteiger partial charge in [0.1, 0.15) is 5.82 Å². The summed E-state index contributed by atoms with van der Waals surface area (Å²) in [6.45, 7) is 4.70. The monoisotopic (exact) mass is 499 g/mol. The summed E-state index contributed by atoms with van der Waals surface area (Å²) in [5, 5.41) is 7.64. The fourth-order valence-corrected chi connectivity index (χ4v) is 4.28. The smallest absolute Gasteiger partial charge is 0.352 e. The first-order chi connectivity index (χ1) is 17.8. The number of hydrogen-bond donors (Lipinski definition) is 1. The van der Waals surface area contributed by atoms with Gasteiger partial charge in [-0.05, 0) is 47.4 Å². The van der Waals surface area contributed by atoms with E-state index in [0.29, 0.717) is 17.7 Å². The molecule has 0 atom stereocenters. The van der Waals surface area contributed by atoms with Crippen LogP contribution in [0.4, 0.5) is 4.39 Å². The third-order valence-electron chi connectivity index (χ3n) is 6.12. The van der Waals surface area contributed by atoms with Gasteiger partial charge in [0.2, 0.25) is 5.78 Å². The molecular formula is C28H26FN5O3. The van der Waals surface area contributed by atoms with Gasteiger partial charge in [-0.2, -0.15) is 0 Å². The van der Waals surface area contributed by atoms with Crippen molar-refractivity contribution in [3.05, 3.63) is 116 Å². The van der Waals surface area contributed by atoms with E-state index in [1.165, 1.54) is 25.8 Å². The number of fused-ring (bicyclic) bond motifs is 3. The number of aromatic nitrogens is 4. The summed E-state index contributed by atoms with van der Waals surface area (Å²) in [6.07, 6.45) is 0. The number of amides is 1. The van der Waals surface area contributed by atoms with E-state index < -0.39 is 11.5 Å². The molecule has 0 saturated carbocycles. The third kappa shape index (κ3) is 4.80. The van der Waals surface area contributed by atoms with E-state index in [4.69, 9.17) is 0 Å². The third-order valence-corrected chi connectivity index (χ3v) is 6.12. The van der Waals surface area contributed by atoms with Crippen LogP contribution in [0.15, 0.2) is 82.4 Å². The van der Waals surface area contributed by atoms with Crippen molar-refractivity contribution in [3.8, 4) is 0 Å². The average molecular weight is 500 g/mol. The molecule has 188 valence electrons. The first kappa shape index (κ1) is 24.2. The van der Waals surface area contributed by atoms with Crippen molar-refractivity contribution in [1.29, 1.82) is 0 Å². The van der Waals surface area contributed by atoms with Crippen LogP contribution in [0.2, 0.25) is 0 Å². The van der Waals surface area contributed by atoms with Crippen molar-refractivity contribution < 1.29 is 9.18 Å². The van der Waals surface area contributed by atoms with E-state index in [9.17, 15) is 18.8 Å². The summed E-state index contributed by atoms with van der Waals surface area (Å²) in [4.78, 5) is 40.0. The largest absolute Gasteiger partial charge is 0.352 e. The topological polar surface area (TPSA) is 90.4 Å². The number of rotatable bonds is 7. The Bertz CT molecular complexity index is 1730. The number of benzene rings is 3. The summed E-state index contributed by atoms with van der Waals surface area (Å²) in [7, 11) is 0.